The van der Waals surface area contributed by atoms with E-state index in [1.807, 2.05) is 23.9 Å². The molecule has 2 N–H and O–H groups in total. The zero-order valence-corrected chi connectivity index (χ0v) is 12.8. The number of nitrogens with one attached hydrogen (secondary N) is 1. The van der Waals surface area contributed by atoms with Gasteiger partial charge in [0, 0.05) is 16.1 Å². The lowest BCUT2D eigenvalue weighted by Gasteiger charge is -2.18. The Kier molecular flexibility index (Phi) is 7.00. The summed E-state index contributed by atoms with van der Waals surface area (Å²) < 4.78 is 1.01. The van der Waals surface area contributed by atoms with Gasteiger partial charge in [-0.25, -0.2) is 0 Å². The van der Waals surface area contributed by atoms with Crippen molar-refractivity contribution in [2.75, 3.05) is 18.6 Å². The van der Waals surface area contributed by atoms with E-state index in [4.69, 9.17) is 0 Å². The molecule has 0 saturated carbocycles. The Morgan fingerprint density at radius 1 is 1.47 bits per heavy atom. The van der Waals surface area contributed by atoms with Crippen molar-refractivity contribution in [1.29, 1.82) is 0 Å². The van der Waals surface area contributed by atoms with E-state index in [1.165, 1.54) is 5.75 Å². The zero-order valence-electron chi connectivity index (χ0n) is 10.4. The topological polar surface area (TPSA) is 32.3 Å². The number of hydrogen-bond acceptors (Lipinski definition) is 3. The van der Waals surface area contributed by atoms with Crippen molar-refractivity contribution < 1.29 is 5.11 Å². The van der Waals surface area contributed by atoms with Crippen molar-refractivity contribution in [1.82, 2.24) is 5.32 Å². The highest BCUT2D eigenvalue weighted by Crippen LogP contribution is 2.29. The summed E-state index contributed by atoms with van der Waals surface area (Å²) in [6.07, 6.45) is 4.26. The maximum atomic E-state index is 9.87. The molecular weight excluding hydrogens is 298 g/mol. The minimum absolute atomic E-state index is 0.231. The van der Waals surface area contributed by atoms with Gasteiger partial charge in [0.2, 0.25) is 0 Å². The van der Waals surface area contributed by atoms with Gasteiger partial charge in [0.05, 0.1) is 0 Å². The molecule has 4 heteroatoms. The molecule has 0 spiro atoms. The van der Waals surface area contributed by atoms with E-state index in [9.17, 15) is 5.11 Å². The molecule has 17 heavy (non-hydrogen) atoms. The highest BCUT2D eigenvalue weighted by molar-refractivity contribution is 9.10. The molecule has 1 atom stereocenters. The summed E-state index contributed by atoms with van der Waals surface area (Å²) in [4.78, 5) is 0. The van der Waals surface area contributed by atoms with Gasteiger partial charge in [-0.05, 0) is 49.6 Å². The SMILES string of the molecule is CCC(NCCCSC)c1cc(Br)ccc1O. The van der Waals surface area contributed by atoms with E-state index in [1.54, 1.807) is 6.07 Å². The average molecular weight is 318 g/mol. The molecular formula is C13H20BrNOS. The first-order valence-electron chi connectivity index (χ1n) is 5.89. The Hall–Kier alpha value is -0.190. The van der Waals surface area contributed by atoms with Crippen LogP contribution >= 0.6 is 27.7 Å². The average Bonchev–Trinajstić information content (AvgIpc) is 2.33. The molecule has 0 radical (unpaired) electrons. The van der Waals surface area contributed by atoms with Gasteiger partial charge < -0.3 is 10.4 Å². The van der Waals surface area contributed by atoms with Crippen LogP contribution in [0.2, 0.25) is 0 Å². The molecule has 0 aliphatic rings. The minimum atomic E-state index is 0.231. The maximum Gasteiger partial charge on any atom is 0.120 e. The molecule has 0 amide bonds. The number of thioether (sulfide) groups is 1. The highest BCUT2D eigenvalue weighted by Gasteiger charge is 2.12. The third-order valence-corrected chi connectivity index (χ3v) is 3.88. The van der Waals surface area contributed by atoms with E-state index in [0.29, 0.717) is 5.75 Å². The number of aromatic hydroxyl groups is 1. The molecule has 1 aromatic carbocycles. The van der Waals surface area contributed by atoms with Crippen molar-refractivity contribution >= 4 is 27.7 Å². The van der Waals surface area contributed by atoms with E-state index in [-0.39, 0.29) is 6.04 Å². The van der Waals surface area contributed by atoms with Crippen LogP contribution in [0, 0.1) is 0 Å². The molecule has 0 aliphatic carbocycles. The van der Waals surface area contributed by atoms with Crippen LogP contribution in [0.15, 0.2) is 22.7 Å². The third-order valence-electron chi connectivity index (χ3n) is 2.69. The lowest BCUT2D eigenvalue weighted by molar-refractivity contribution is 0.441. The summed E-state index contributed by atoms with van der Waals surface area (Å²) in [5.74, 6) is 1.55. The van der Waals surface area contributed by atoms with Crippen LogP contribution in [-0.4, -0.2) is 23.7 Å². The monoisotopic (exact) mass is 317 g/mol. The molecule has 1 rings (SSSR count). The second kappa shape index (κ2) is 8.01. The normalized spacial score (nSPS) is 12.6. The van der Waals surface area contributed by atoms with Gasteiger partial charge in [-0.2, -0.15) is 11.8 Å². The molecule has 2 nitrogen and oxygen atoms in total. The Balaban J connectivity index is 2.62. The van der Waals surface area contributed by atoms with Gasteiger partial charge >= 0.3 is 0 Å². The molecule has 0 fully saturated rings. The van der Waals surface area contributed by atoms with E-state index in [2.05, 4.69) is 34.4 Å². The lowest BCUT2D eigenvalue weighted by atomic mass is 10.0. The van der Waals surface area contributed by atoms with Crippen LogP contribution in [0.4, 0.5) is 0 Å². The molecule has 96 valence electrons. The lowest BCUT2D eigenvalue weighted by Crippen LogP contribution is -2.22. The molecule has 0 heterocycles. The first kappa shape index (κ1) is 14.9. The Bertz CT molecular complexity index is 346. The third kappa shape index (κ3) is 4.90. The van der Waals surface area contributed by atoms with Gasteiger partial charge in [-0.15, -0.1) is 0 Å². The second-order valence-electron chi connectivity index (χ2n) is 3.96. The Morgan fingerprint density at radius 3 is 2.88 bits per heavy atom. The van der Waals surface area contributed by atoms with Crippen molar-refractivity contribution in [2.24, 2.45) is 0 Å². The van der Waals surface area contributed by atoms with Crippen molar-refractivity contribution in [3.63, 3.8) is 0 Å². The van der Waals surface area contributed by atoms with Crippen LogP contribution in [0.3, 0.4) is 0 Å². The fraction of sp³-hybridized carbons (Fsp3) is 0.538. The van der Waals surface area contributed by atoms with Crippen molar-refractivity contribution in [2.45, 2.75) is 25.8 Å². The number of rotatable bonds is 7. The fourth-order valence-electron chi connectivity index (χ4n) is 1.77. The van der Waals surface area contributed by atoms with Crippen LogP contribution in [0.5, 0.6) is 5.75 Å². The largest absolute Gasteiger partial charge is 0.508 e. The van der Waals surface area contributed by atoms with Crippen LogP contribution in [0.1, 0.15) is 31.4 Å². The zero-order chi connectivity index (χ0) is 12.7. The van der Waals surface area contributed by atoms with Gasteiger partial charge in [0.15, 0.2) is 0 Å². The molecule has 1 aromatic rings. The maximum absolute atomic E-state index is 9.87. The summed E-state index contributed by atoms with van der Waals surface area (Å²) in [6.45, 7) is 3.12. The molecule has 0 bridgehead atoms. The van der Waals surface area contributed by atoms with E-state index >= 15 is 0 Å². The second-order valence-corrected chi connectivity index (χ2v) is 5.87. The number of phenols is 1. The number of halogens is 1. The summed E-state index contributed by atoms with van der Waals surface area (Å²) in [5.41, 5.74) is 0.978. The summed E-state index contributed by atoms with van der Waals surface area (Å²) in [5, 5.41) is 13.4. The van der Waals surface area contributed by atoms with Crippen LogP contribution < -0.4 is 5.32 Å². The standard InChI is InChI=1S/C13H20BrNOS/c1-3-12(15-7-4-8-17-2)11-9-10(14)5-6-13(11)16/h5-6,9,12,15-16H,3-4,7-8H2,1-2H3. The predicted molar refractivity (Wildman–Crippen MR) is 79.8 cm³/mol. The Morgan fingerprint density at radius 2 is 2.24 bits per heavy atom. The van der Waals surface area contributed by atoms with Crippen molar-refractivity contribution in [3.05, 3.63) is 28.2 Å². The van der Waals surface area contributed by atoms with Gasteiger partial charge in [0.1, 0.15) is 5.75 Å². The van der Waals surface area contributed by atoms with E-state index < -0.39 is 0 Å². The molecule has 0 aromatic heterocycles. The smallest absolute Gasteiger partial charge is 0.120 e. The quantitative estimate of drug-likeness (QED) is 0.747. The summed E-state index contributed by atoms with van der Waals surface area (Å²) >= 11 is 5.31. The highest BCUT2D eigenvalue weighted by atomic mass is 79.9. The fourth-order valence-corrected chi connectivity index (χ4v) is 2.58. The molecule has 1 unspecified atom stereocenters. The van der Waals surface area contributed by atoms with Gasteiger partial charge in [-0.3, -0.25) is 0 Å². The molecule has 0 saturated heterocycles. The summed E-state index contributed by atoms with van der Waals surface area (Å²) in [6, 6.07) is 5.82. The number of hydrogen-bond donors (Lipinski definition) is 2. The molecule has 0 aliphatic heterocycles. The summed E-state index contributed by atoms with van der Waals surface area (Å²) in [7, 11) is 0. The minimum Gasteiger partial charge on any atom is -0.508 e. The number of phenolic OH excluding ortho intramolecular Hbond substituents is 1. The number of benzene rings is 1. The van der Waals surface area contributed by atoms with Crippen LogP contribution in [0.25, 0.3) is 0 Å². The first-order valence-corrected chi connectivity index (χ1v) is 8.08. The predicted octanol–water partition coefficient (Wildman–Crippen LogP) is 3.95. The Labute approximate surface area is 116 Å². The van der Waals surface area contributed by atoms with Gasteiger partial charge in [-0.1, -0.05) is 22.9 Å². The van der Waals surface area contributed by atoms with Crippen LogP contribution in [-0.2, 0) is 0 Å². The van der Waals surface area contributed by atoms with E-state index in [0.717, 1.165) is 29.4 Å². The first-order chi connectivity index (χ1) is 8.19. The van der Waals surface area contributed by atoms with Crippen molar-refractivity contribution in [3.8, 4) is 5.75 Å². The van der Waals surface area contributed by atoms with Gasteiger partial charge in [0.25, 0.3) is 0 Å².